The lowest BCUT2D eigenvalue weighted by atomic mass is 9.96. The molecule has 1 aliphatic rings. The summed E-state index contributed by atoms with van der Waals surface area (Å²) < 4.78 is 16.3. The number of unbranched alkanes of at least 4 members (excludes halogenated alkanes) is 1. The van der Waals surface area contributed by atoms with Gasteiger partial charge in [-0.05, 0) is 43.9 Å². The second-order valence-corrected chi connectivity index (χ2v) is 6.52. The van der Waals surface area contributed by atoms with Crippen LogP contribution >= 0.6 is 0 Å². The molecule has 1 N–H and O–H groups in total. The van der Waals surface area contributed by atoms with Gasteiger partial charge in [0.15, 0.2) is 13.2 Å². The zero-order chi connectivity index (χ0) is 18.4. The summed E-state index contributed by atoms with van der Waals surface area (Å²) in [4.78, 5) is 23.3. The van der Waals surface area contributed by atoms with Crippen LogP contribution in [-0.4, -0.2) is 31.6 Å². The molecule has 0 fully saturated rings. The van der Waals surface area contributed by atoms with Gasteiger partial charge in [0, 0.05) is 23.9 Å². The number of rotatable bonds is 8. The van der Waals surface area contributed by atoms with Gasteiger partial charge in [-0.3, -0.25) is 4.79 Å². The topological polar surface area (TPSA) is 77.8 Å². The molecule has 6 nitrogen and oxygen atoms in total. The number of aryl methyl sites for hydroxylation is 2. The SMILES string of the molecule is CCCCNC(=O)COC(=O)COc1ccc2oc3c(c2c1)CCCC3. The molecule has 1 amide bonds. The van der Waals surface area contributed by atoms with Gasteiger partial charge in [-0.1, -0.05) is 13.3 Å². The minimum Gasteiger partial charge on any atom is -0.482 e. The number of carbonyl (C=O) groups is 2. The van der Waals surface area contributed by atoms with Crippen LogP contribution in [0.25, 0.3) is 11.0 Å². The minimum atomic E-state index is -0.565. The maximum atomic E-state index is 11.8. The molecule has 0 unspecified atom stereocenters. The van der Waals surface area contributed by atoms with Gasteiger partial charge in [0.25, 0.3) is 5.91 Å². The fourth-order valence-electron chi connectivity index (χ4n) is 3.12. The largest absolute Gasteiger partial charge is 0.482 e. The molecular weight excluding hydrogens is 334 g/mol. The molecule has 1 aromatic heterocycles. The van der Waals surface area contributed by atoms with Crippen LogP contribution in [0, 0.1) is 0 Å². The number of furan rings is 1. The summed E-state index contributed by atoms with van der Waals surface area (Å²) in [6, 6.07) is 5.56. The first-order chi connectivity index (χ1) is 12.7. The second-order valence-electron chi connectivity index (χ2n) is 6.52. The van der Waals surface area contributed by atoms with Crippen molar-refractivity contribution < 1.29 is 23.5 Å². The predicted octanol–water partition coefficient (Wildman–Crippen LogP) is 3.15. The van der Waals surface area contributed by atoms with Crippen molar-refractivity contribution in [3.05, 3.63) is 29.5 Å². The number of benzene rings is 1. The van der Waals surface area contributed by atoms with E-state index in [9.17, 15) is 9.59 Å². The standard InChI is InChI=1S/C20H25NO5/c1-2-3-10-21-19(22)12-25-20(23)13-24-14-8-9-18-16(11-14)15-6-4-5-7-17(15)26-18/h8-9,11H,2-7,10,12-13H2,1H3,(H,21,22). The van der Waals surface area contributed by atoms with E-state index < -0.39 is 5.97 Å². The van der Waals surface area contributed by atoms with E-state index in [2.05, 4.69) is 5.32 Å². The molecule has 0 atom stereocenters. The molecule has 140 valence electrons. The fourth-order valence-corrected chi connectivity index (χ4v) is 3.12. The van der Waals surface area contributed by atoms with Gasteiger partial charge in [-0.25, -0.2) is 4.79 Å². The molecular formula is C20H25NO5. The molecule has 2 aromatic rings. The van der Waals surface area contributed by atoms with Crippen LogP contribution in [0.5, 0.6) is 5.75 Å². The summed E-state index contributed by atoms with van der Waals surface area (Å²) in [5, 5.41) is 3.75. The summed E-state index contributed by atoms with van der Waals surface area (Å²) in [6.45, 7) is 2.13. The van der Waals surface area contributed by atoms with Crippen LogP contribution in [-0.2, 0) is 27.2 Å². The first kappa shape index (κ1) is 18.3. The van der Waals surface area contributed by atoms with Crippen molar-refractivity contribution >= 4 is 22.8 Å². The van der Waals surface area contributed by atoms with Crippen molar-refractivity contribution in [2.75, 3.05) is 19.8 Å². The normalized spacial score (nSPS) is 13.3. The van der Waals surface area contributed by atoms with Crippen molar-refractivity contribution in [1.29, 1.82) is 0 Å². The minimum absolute atomic E-state index is 0.228. The molecule has 6 heteroatoms. The average molecular weight is 359 g/mol. The summed E-state index contributed by atoms with van der Waals surface area (Å²) in [5.74, 6) is 0.802. The molecule has 1 aromatic carbocycles. The van der Waals surface area contributed by atoms with Crippen molar-refractivity contribution in [1.82, 2.24) is 5.32 Å². The smallest absolute Gasteiger partial charge is 0.344 e. The summed E-state index contributed by atoms with van der Waals surface area (Å²) in [7, 11) is 0. The second kappa shape index (κ2) is 8.74. The molecule has 1 aliphatic carbocycles. The van der Waals surface area contributed by atoms with Gasteiger partial charge in [0.05, 0.1) is 0 Å². The molecule has 26 heavy (non-hydrogen) atoms. The Morgan fingerprint density at radius 3 is 2.88 bits per heavy atom. The van der Waals surface area contributed by atoms with E-state index in [1.807, 2.05) is 19.1 Å². The summed E-state index contributed by atoms with van der Waals surface area (Å²) in [6.07, 6.45) is 6.22. The fraction of sp³-hybridized carbons (Fsp3) is 0.500. The monoisotopic (exact) mass is 359 g/mol. The number of esters is 1. The Labute approximate surface area is 152 Å². The molecule has 0 spiro atoms. The van der Waals surface area contributed by atoms with Crippen LogP contribution < -0.4 is 10.1 Å². The van der Waals surface area contributed by atoms with E-state index in [-0.39, 0.29) is 19.1 Å². The maximum absolute atomic E-state index is 11.8. The van der Waals surface area contributed by atoms with Crippen LogP contribution in [0.1, 0.15) is 43.9 Å². The summed E-state index contributed by atoms with van der Waals surface area (Å²) >= 11 is 0. The Morgan fingerprint density at radius 1 is 1.19 bits per heavy atom. The Balaban J connectivity index is 1.50. The lowest BCUT2D eigenvalue weighted by Crippen LogP contribution is -2.30. The summed E-state index contributed by atoms with van der Waals surface area (Å²) in [5.41, 5.74) is 2.11. The number of hydrogen-bond acceptors (Lipinski definition) is 5. The van der Waals surface area contributed by atoms with E-state index >= 15 is 0 Å². The number of amides is 1. The molecule has 0 saturated heterocycles. The average Bonchev–Trinajstić information content (AvgIpc) is 3.03. The third-order valence-corrected chi connectivity index (χ3v) is 4.50. The highest BCUT2D eigenvalue weighted by atomic mass is 16.6. The van der Waals surface area contributed by atoms with Crippen molar-refractivity contribution in [3.63, 3.8) is 0 Å². The number of carbonyl (C=O) groups excluding carboxylic acids is 2. The Morgan fingerprint density at radius 2 is 2.04 bits per heavy atom. The first-order valence-corrected chi connectivity index (χ1v) is 9.27. The number of fused-ring (bicyclic) bond motifs is 3. The maximum Gasteiger partial charge on any atom is 0.344 e. The van der Waals surface area contributed by atoms with E-state index in [1.165, 1.54) is 12.0 Å². The third-order valence-electron chi connectivity index (χ3n) is 4.50. The van der Waals surface area contributed by atoms with Crippen molar-refractivity contribution in [3.8, 4) is 5.75 Å². The first-order valence-electron chi connectivity index (χ1n) is 9.27. The van der Waals surface area contributed by atoms with Gasteiger partial charge >= 0.3 is 5.97 Å². The van der Waals surface area contributed by atoms with E-state index in [0.717, 1.165) is 48.8 Å². The highest BCUT2D eigenvalue weighted by Gasteiger charge is 2.18. The Kier molecular flexibility index (Phi) is 6.15. The number of ether oxygens (including phenoxy) is 2. The van der Waals surface area contributed by atoms with Gasteiger partial charge in [0.2, 0.25) is 0 Å². The highest BCUT2D eigenvalue weighted by molar-refractivity contribution is 5.84. The number of hydrogen-bond donors (Lipinski definition) is 1. The number of nitrogens with one attached hydrogen (secondary N) is 1. The quantitative estimate of drug-likeness (QED) is 0.579. The zero-order valence-electron chi connectivity index (χ0n) is 15.1. The zero-order valence-corrected chi connectivity index (χ0v) is 15.1. The van der Waals surface area contributed by atoms with Crippen LogP contribution in [0.4, 0.5) is 0 Å². The van der Waals surface area contributed by atoms with E-state index in [0.29, 0.717) is 12.3 Å². The molecule has 0 saturated carbocycles. The Bertz CT molecular complexity index is 780. The van der Waals surface area contributed by atoms with E-state index in [4.69, 9.17) is 13.9 Å². The van der Waals surface area contributed by atoms with Gasteiger partial charge in [-0.2, -0.15) is 0 Å². The lowest BCUT2D eigenvalue weighted by molar-refractivity contribution is -0.150. The van der Waals surface area contributed by atoms with E-state index in [1.54, 1.807) is 6.07 Å². The van der Waals surface area contributed by atoms with Gasteiger partial charge < -0.3 is 19.2 Å². The van der Waals surface area contributed by atoms with Crippen LogP contribution in [0.3, 0.4) is 0 Å². The third kappa shape index (κ3) is 4.56. The predicted molar refractivity (Wildman–Crippen MR) is 97.2 cm³/mol. The molecule has 3 rings (SSSR count). The molecule has 1 heterocycles. The molecule has 0 radical (unpaired) electrons. The van der Waals surface area contributed by atoms with Crippen LogP contribution in [0.15, 0.2) is 22.6 Å². The lowest BCUT2D eigenvalue weighted by Gasteiger charge is -2.09. The van der Waals surface area contributed by atoms with Crippen molar-refractivity contribution in [2.24, 2.45) is 0 Å². The molecule has 0 aliphatic heterocycles. The Hall–Kier alpha value is -2.50. The van der Waals surface area contributed by atoms with Gasteiger partial charge in [0.1, 0.15) is 17.1 Å². The van der Waals surface area contributed by atoms with Gasteiger partial charge in [-0.15, -0.1) is 0 Å². The molecule has 0 bridgehead atoms. The highest BCUT2D eigenvalue weighted by Crippen LogP contribution is 2.33. The van der Waals surface area contributed by atoms with Crippen molar-refractivity contribution in [2.45, 2.75) is 45.4 Å². The van der Waals surface area contributed by atoms with Crippen LogP contribution in [0.2, 0.25) is 0 Å².